The molecule has 0 saturated heterocycles. The third-order valence-electron chi connectivity index (χ3n) is 10.7. The van der Waals surface area contributed by atoms with E-state index in [-0.39, 0.29) is 12.6 Å². The van der Waals surface area contributed by atoms with Crippen LogP contribution < -0.4 is 0 Å². The highest BCUT2D eigenvalue weighted by atomic mass is 16.6. The first kappa shape index (κ1) is 51.9. The van der Waals surface area contributed by atoms with Gasteiger partial charge in [0.25, 0.3) is 0 Å². The van der Waals surface area contributed by atoms with Crippen LogP contribution in [0.25, 0.3) is 0 Å². The molecule has 4 nitrogen and oxygen atoms in total. The summed E-state index contributed by atoms with van der Waals surface area (Å²) in [6, 6.07) is 0. The number of aliphatic hydroxyl groups is 1. The summed E-state index contributed by atoms with van der Waals surface area (Å²) in [4.78, 5) is 12.2. The fraction of sp³-hybridized carbons (Fsp3) is 0.898. The van der Waals surface area contributed by atoms with Gasteiger partial charge >= 0.3 is 5.97 Å². The molecule has 1 unspecified atom stereocenters. The lowest BCUT2D eigenvalue weighted by atomic mass is 10.0. The Morgan fingerprint density at radius 2 is 0.736 bits per heavy atom. The molecule has 0 aromatic heterocycles. The van der Waals surface area contributed by atoms with E-state index in [1.54, 1.807) is 0 Å². The first-order valence-corrected chi connectivity index (χ1v) is 23.9. The first-order valence-electron chi connectivity index (χ1n) is 23.9. The highest BCUT2D eigenvalue weighted by molar-refractivity contribution is 5.69. The fourth-order valence-electron chi connectivity index (χ4n) is 7.14. The highest BCUT2D eigenvalue weighted by Crippen LogP contribution is 2.15. The number of carbonyl (C=O) groups is 1. The van der Waals surface area contributed by atoms with E-state index in [4.69, 9.17) is 9.47 Å². The Labute approximate surface area is 332 Å². The average Bonchev–Trinajstić information content (AvgIpc) is 3.16. The molecular weight excluding hydrogens is 653 g/mol. The van der Waals surface area contributed by atoms with Crippen LogP contribution in [0.15, 0.2) is 24.3 Å². The van der Waals surface area contributed by atoms with Crippen molar-refractivity contribution in [3.8, 4) is 0 Å². The molecular formula is C49H94O4. The number of carbonyl (C=O) groups excluding carboxylic acids is 1. The predicted octanol–water partition coefficient (Wildman–Crippen LogP) is 15.9. The van der Waals surface area contributed by atoms with Gasteiger partial charge in [0.15, 0.2) is 0 Å². The number of ether oxygens (including phenoxy) is 2. The summed E-state index contributed by atoms with van der Waals surface area (Å²) in [6.45, 7) is 5.37. The Kier molecular flexibility index (Phi) is 46.0. The molecule has 314 valence electrons. The lowest BCUT2D eigenvalue weighted by Gasteiger charge is -2.15. The molecule has 0 fully saturated rings. The Bertz CT molecular complexity index is 747. The standard InChI is InChI=1S/C49H94O4/c1-3-5-7-9-11-13-15-17-19-21-22-23-24-25-26-27-28-29-30-32-34-36-38-40-42-44-49(51)53-48(46-50)47-52-45-43-41-39-37-35-33-31-20-18-16-14-12-10-8-6-4-2/h18,20-22,48,50H,3-17,19,23-47H2,1-2H3/b20-18-,22-21-. The van der Waals surface area contributed by atoms with E-state index >= 15 is 0 Å². The van der Waals surface area contributed by atoms with Gasteiger partial charge in [0, 0.05) is 13.0 Å². The van der Waals surface area contributed by atoms with E-state index in [0.29, 0.717) is 19.6 Å². The van der Waals surface area contributed by atoms with Gasteiger partial charge in [-0.3, -0.25) is 4.79 Å². The van der Waals surface area contributed by atoms with Crippen molar-refractivity contribution in [3.05, 3.63) is 24.3 Å². The summed E-state index contributed by atoms with van der Waals surface area (Å²) >= 11 is 0. The van der Waals surface area contributed by atoms with Crippen LogP contribution in [0.4, 0.5) is 0 Å². The van der Waals surface area contributed by atoms with Gasteiger partial charge in [-0.1, -0.05) is 212 Å². The molecule has 0 aromatic rings. The van der Waals surface area contributed by atoms with Gasteiger partial charge in [0.1, 0.15) is 6.10 Å². The topological polar surface area (TPSA) is 55.8 Å². The van der Waals surface area contributed by atoms with E-state index in [2.05, 4.69) is 38.2 Å². The molecule has 0 amide bonds. The molecule has 0 aliphatic carbocycles. The normalized spacial score (nSPS) is 12.4. The number of esters is 1. The quantitative estimate of drug-likeness (QED) is 0.0383. The lowest BCUT2D eigenvalue weighted by molar-refractivity contribution is -0.154. The van der Waals surface area contributed by atoms with Crippen molar-refractivity contribution in [2.24, 2.45) is 0 Å². The Hall–Kier alpha value is -1.13. The number of allylic oxidation sites excluding steroid dienone is 4. The van der Waals surface area contributed by atoms with Gasteiger partial charge in [-0.2, -0.15) is 0 Å². The summed E-state index contributed by atoms with van der Waals surface area (Å²) in [6.07, 6.45) is 58.3. The van der Waals surface area contributed by atoms with Crippen LogP contribution in [-0.4, -0.2) is 37.0 Å². The molecule has 0 aliphatic rings. The minimum absolute atomic E-state index is 0.170. The second-order valence-corrected chi connectivity index (χ2v) is 16.2. The van der Waals surface area contributed by atoms with Crippen LogP contribution in [0.2, 0.25) is 0 Å². The third kappa shape index (κ3) is 45.2. The van der Waals surface area contributed by atoms with Crippen LogP contribution in [0.5, 0.6) is 0 Å². The van der Waals surface area contributed by atoms with Gasteiger partial charge in [-0.25, -0.2) is 0 Å². The van der Waals surface area contributed by atoms with Crippen LogP contribution in [-0.2, 0) is 14.3 Å². The second-order valence-electron chi connectivity index (χ2n) is 16.2. The highest BCUT2D eigenvalue weighted by Gasteiger charge is 2.13. The predicted molar refractivity (Wildman–Crippen MR) is 233 cm³/mol. The Morgan fingerprint density at radius 3 is 1.08 bits per heavy atom. The van der Waals surface area contributed by atoms with Crippen LogP contribution in [0.3, 0.4) is 0 Å². The zero-order chi connectivity index (χ0) is 38.4. The summed E-state index contributed by atoms with van der Waals surface area (Å²) < 4.78 is 11.2. The van der Waals surface area contributed by atoms with Crippen LogP contribution >= 0.6 is 0 Å². The van der Waals surface area contributed by atoms with Crippen molar-refractivity contribution < 1.29 is 19.4 Å². The molecule has 0 aliphatic heterocycles. The molecule has 0 radical (unpaired) electrons. The van der Waals surface area contributed by atoms with Gasteiger partial charge in [-0.05, 0) is 64.2 Å². The maximum Gasteiger partial charge on any atom is 0.306 e. The maximum absolute atomic E-state index is 12.2. The number of unbranched alkanes of at least 4 members (excludes halogenated alkanes) is 33. The van der Waals surface area contributed by atoms with Gasteiger partial charge < -0.3 is 14.6 Å². The number of hydrogen-bond donors (Lipinski definition) is 1. The van der Waals surface area contributed by atoms with Crippen molar-refractivity contribution in [2.45, 2.75) is 264 Å². The minimum atomic E-state index is -0.534. The Morgan fingerprint density at radius 1 is 0.434 bits per heavy atom. The molecule has 0 bridgehead atoms. The van der Waals surface area contributed by atoms with E-state index < -0.39 is 6.10 Å². The van der Waals surface area contributed by atoms with E-state index in [1.165, 1.54) is 218 Å². The van der Waals surface area contributed by atoms with Crippen molar-refractivity contribution in [1.29, 1.82) is 0 Å². The van der Waals surface area contributed by atoms with Gasteiger partial charge in [0.05, 0.1) is 13.2 Å². The fourth-order valence-corrected chi connectivity index (χ4v) is 7.14. The van der Waals surface area contributed by atoms with E-state index in [1.807, 2.05) is 0 Å². The number of aliphatic hydroxyl groups excluding tert-OH is 1. The van der Waals surface area contributed by atoms with Gasteiger partial charge in [-0.15, -0.1) is 0 Å². The molecule has 0 aromatic carbocycles. The smallest absolute Gasteiger partial charge is 0.306 e. The van der Waals surface area contributed by atoms with Crippen LogP contribution in [0, 0.1) is 0 Å². The Balaban J connectivity index is 3.38. The summed E-state index contributed by atoms with van der Waals surface area (Å²) in [5.41, 5.74) is 0. The summed E-state index contributed by atoms with van der Waals surface area (Å²) in [5.74, 6) is -0.199. The molecule has 1 N–H and O–H groups in total. The van der Waals surface area contributed by atoms with E-state index in [0.717, 1.165) is 19.3 Å². The van der Waals surface area contributed by atoms with Crippen LogP contribution in [0.1, 0.15) is 258 Å². The third-order valence-corrected chi connectivity index (χ3v) is 10.7. The summed E-state index contributed by atoms with van der Waals surface area (Å²) in [7, 11) is 0. The lowest BCUT2D eigenvalue weighted by Crippen LogP contribution is -2.27. The van der Waals surface area contributed by atoms with Crippen molar-refractivity contribution in [3.63, 3.8) is 0 Å². The molecule has 0 rings (SSSR count). The maximum atomic E-state index is 12.2. The average molecular weight is 747 g/mol. The second kappa shape index (κ2) is 47.0. The number of rotatable bonds is 45. The monoisotopic (exact) mass is 747 g/mol. The first-order chi connectivity index (χ1) is 26.2. The number of hydrogen-bond acceptors (Lipinski definition) is 4. The minimum Gasteiger partial charge on any atom is -0.457 e. The van der Waals surface area contributed by atoms with Crippen molar-refractivity contribution in [2.75, 3.05) is 19.8 Å². The SMILES string of the molecule is CCCCCCCC/C=C\CCCCCCCCOCC(CO)OC(=O)CCCCCCCCCCCCCCC/C=C\CCCCCCCCCC. The van der Waals surface area contributed by atoms with Gasteiger partial charge in [0.2, 0.25) is 0 Å². The van der Waals surface area contributed by atoms with E-state index in [9.17, 15) is 9.90 Å². The molecule has 53 heavy (non-hydrogen) atoms. The van der Waals surface area contributed by atoms with Crippen molar-refractivity contribution >= 4 is 5.97 Å². The molecule has 0 heterocycles. The zero-order valence-corrected chi connectivity index (χ0v) is 36.1. The molecule has 4 heteroatoms. The summed E-state index contributed by atoms with van der Waals surface area (Å²) in [5, 5.41) is 9.62. The molecule has 1 atom stereocenters. The van der Waals surface area contributed by atoms with Crippen molar-refractivity contribution in [1.82, 2.24) is 0 Å². The largest absolute Gasteiger partial charge is 0.457 e. The zero-order valence-electron chi connectivity index (χ0n) is 36.1. The molecule has 0 saturated carbocycles. The molecule has 0 spiro atoms.